The topological polar surface area (TPSA) is 64.9 Å². The predicted octanol–water partition coefficient (Wildman–Crippen LogP) is 4.87. The van der Waals surface area contributed by atoms with Crippen LogP contribution in [-0.2, 0) is 4.79 Å². The van der Waals surface area contributed by atoms with Crippen molar-refractivity contribution in [3.63, 3.8) is 0 Å². The number of nitriles is 1. The van der Waals surface area contributed by atoms with Crippen LogP contribution in [0.2, 0.25) is 5.02 Å². The summed E-state index contributed by atoms with van der Waals surface area (Å²) < 4.78 is 0.845. The summed E-state index contributed by atoms with van der Waals surface area (Å²) >= 11 is 9.41. The van der Waals surface area contributed by atoms with Crippen molar-refractivity contribution in [3.05, 3.63) is 69.3 Å². The fourth-order valence-corrected chi connectivity index (χ4v) is 2.58. The van der Waals surface area contributed by atoms with Crippen molar-refractivity contribution < 1.29 is 4.79 Å². The summed E-state index contributed by atoms with van der Waals surface area (Å²) in [7, 11) is 0. The summed E-state index contributed by atoms with van der Waals surface area (Å²) in [4.78, 5) is 12.1. The van der Waals surface area contributed by atoms with E-state index in [1.165, 1.54) is 6.20 Å². The normalized spacial score (nSPS) is 10.8. The fourth-order valence-electron chi connectivity index (χ4n) is 1.79. The van der Waals surface area contributed by atoms with E-state index in [-0.39, 0.29) is 5.57 Å². The number of amides is 1. The van der Waals surface area contributed by atoms with Crippen LogP contribution in [0.4, 0.5) is 11.4 Å². The number of rotatable bonds is 4. The van der Waals surface area contributed by atoms with Crippen molar-refractivity contribution in [2.45, 2.75) is 6.92 Å². The molecule has 0 atom stereocenters. The summed E-state index contributed by atoms with van der Waals surface area (Å²) in [6.45, 7) is 1.97. The van der Waals surface area contributed by atoms with Gasteiger partial charge in [-0.05, 0) is 52.7 Å². The molecule has 2 aromatic rings. The summed E-state index contributed by atoms with van der Waals surface area (Å²) in [5.41, 5.74) is 2.26. The number of hydrogen-bond donors (Lipinski definition) is 2. The van der Waals surface area contributed by atoms with Crippen LogP contribution >= 0.6 is 27.5 Å². The minimum atomic E-state index is -0.531. The van der Waals surface area contributed by atoms with Crippen LogP contribution in [0.25, 0.3) is 0 Å². The number of hydrogen-bond acceptors (Lipinski definition) is 3. The third-order valence-corrected chi connectivity index (χ3v) is 3.97. The number of carbonyl (C=O) groups is 1. The number of anilines is 2. The molecule has 0 bridgehead atoms. The monoisotopic (exact) mass is 389 g/mol. The number of para-hydroxylation sites is 1. The average Bonchev–Trinajstić information content (AvgIpc) is 2.52. The summed E-state index contributed by atoms with van der Waals surface area (Å²) in [6, 6.07) is 14.4. The standard InChI is InChI=1S/C17H13BrClN3O/c1-11-6-7-15(13(18)8-11)21-10-12(9-20)17(23)22-16-5-3-2-4-14(16)19/h2-8,10,21H,1H3,(H,22,23)/b12-10-. The maximum absolute atomic E-state index is 12.1. The van der Waals surface area contributed by atoms with E-state index >= 15 is 0 Å². The molecule has 1 amide bonds. The van der Waals surface area contributed by atoms with Crippen LogP contribution < -0.4 is 10.6 Å². The highest BCUT2D eigenvalue weighted by molar-refractivity contribution is 9.10. The highest BCUT2D eigenvalue weighted by Crippen LogP contribution is 2.24. The minimum absolute atomic E-state index is 0.0580. The van der Waals surface area contributed by atoms with Crippen molar-refractivity contribution in [2.75, 3.05) is 10.6 Å². The Labute approximate surface area is 147 Å². The number of carbonyl (C=O) groups excluding carboxylic acids is 1. The molecule has 0 heterocycles. The first kappa shape index (κ1) is 17.1. The quantitative estimate of drug-likeness (QED) is 0.578. The van der Waals surface area contributed by atoms with E-state index < -0.39 is 5.91 Å². The Morgan fingerprint density at radius 1 is 1.26 bits per heavy atom. The van der Waals surface area contributed by atoms with Crippen LogP contribution in [0.5, 0.6) is 0 Å². The van der Waals surface area contributed by atoms with E-state index in [0.29, 0.717) is 10.7 Å². The molecular weight excluding hydrogens is 378 g/mol. The second kappa shape index (κ2) is 7.82. The van der Waals surface area contributed by atoms with Gasteiger partial charge in [-0.3, -0.25) is 4.79 Å². The molecule has 0 aliphatic rings. The van der Waals surface area contributed by atoms with Gasteiger partial charge in [0.1, 0.15) is 11.6 Å². The minimum Gasteiger partial charge on any atom is -0.359 e. The van der Waals surface area contributed by atoms with Gasteiger partial charge in [0.25, 0.3) is 5.91 Å². The van der Waals surface area contributed by atoms with E-state index in [4.69, 9.17) is 11.6 Å². The van der Waals surface area contributed by atoms with Crippen molar-refractivity contribution >= 4 is 44.8 Å². The van der Waals surface area contributed by atoms with Gasteiger partial charge in [-0.25, -0.2) is 0 Å². The Bertz CT molecular complexity index is 812. The molecule has 2 aromatic carbocycles. The second-order valence-electron chi connectivity index (χ2n) is 4.73. The molecule has 0 fully saturated rings. The third-order valence-electron chi connectivity index (χ3n) is 2.98. The Morgan fingerprint density at radius 3 is 2.65 bits per heavy atom. The molecule has 0 radical (unpaired) electrons. The molecule has 4 nitrogen and oxygen atoms in total. The lowest BCUT2D eigenvalue weighted by Crippen LogP contribution is -2.14. The molecule has 0 aromatic heterocycles. The van der Waals surface area contributed by atoms with Gasteiger partial charge in [0.05, 0.1) is 16.4 Å². The molecule has 0 saturated heterocycles. The summed E-state index contributed by atoms with van der Waals surface area (Å²) in [5, 5.41) is 15.1. The third kappa shape index (κ3) is 4.59. The Morgan fingerprint density at radius 2 is 2.00 bits per heavy atom. The molecule has 0 aliphatic carbocycles. The van der Waals surface area contributed by atoms with Crippen molar-refractivity contribution in [2.24, 2.45) is 0 Å². The smallest absolute Gasteiger partial charge is 0.267 e. The van der Waals surface area contributed by atoms with Crippen LogP contribution in [0.1, 0.15) is 5.56 Å². The van der Waals surface area contributed by atoms with Crippen molar-refractivity contribution in [3.8, 4) is 6.07 Å². The highest BCUT2D eigenvalue weighted by Gasteiger charge is 2.11. The zero-order valence-corrected chi connectivity index (χ0v) is 14.6. The maximum atomic E-state index is 12.1. The Hall–Kier alpha value is -2.29. The number of nitrogens with one attached hydrogen (secondary N) is 2. The molecule has 23 heavy (non-hydrogen) atoms. The lowest BCUT2D eigenvalue weighted by molar-refractivity contribution is -0.112. The first-order valence-electron chi connectivity index (χ1n) is 6.70. The largest absolute Gasteiger partial charge is 0.359 e. The SMILES string of the molecule is Cc1ccc(N/C=C(/C#N)C(=O)Nc2ccccc2Cl)c(Br)c1. The van der Waals surface area contributed by atoms with Crippen LogP contribution in [0.15, 0.2) is 58.7 Å². The number of nitrogens with zero attached hydrogens (tertiary/aromatic N) is 1. The average molecular weight is 391 g/mol. The van der Waals surface area contributed by atoms with Gasteiger partial charge in [-0.2, -0.15) is 5.26 Å². The number of aryl methyl sites for hydroxylation is 1. The van der Waals surface area contributed by atoms with E-state index in [1.54, 1.807) is 24.3 Å². The fraction of sp³-hybridized carbons (Fsp3) is 0.0588. The summed E-state index contributed by atoms with van der Waals surface area (Å²) in [6.07, 6.45) is 1.36. The first-order valence-corrected chi connectivity index (χ1v) is 7.87. The first-order chi connectivity index (χ1) is 11.0. The molecule has 0 unspecified atom stereocenters. The van der Waals surface area contributed by atoms with Crippen molar-refractivity contribution in [1.82, 2.24) is 0 Å². The molecule has 0 aliphatic heterocycles. The van der Waals surface area contributed by atoms with E-state index in [9.17, 15) is 10.1 Å². The molecule has 6 heteroatoms. The Balaban J connectivity index is 2.14. The van der Waals surface area contributed by atoms with Gasteiger partial charge < -0.3 is 10.6 Å². The van der Waals surface area contributed by atoms with Gasteiger partial charge in [-0.15, -0.1) is 0 Å². The molecule has 2 N–H and O–H groups in total. The summed E-state index contributed by atoms with van der Waals surface area (Å²) in [5.74, 6) is -0.531. The van der Waals surface area contributed by atoms with E-state index in [0.717, 1.165) is 15.7 Å². The molecule has 0 saturated carbocycles. The van der Waals surface area contributed by atoms with Gasteiger partial charge >= 0.3 is 0 Å². The second-order valence-corrected chi connectivity index (χ2v) is 5.99. The van der Waals surface area contributed by atoms with Gasteiger partial charge in [-0.1, -0.05) is 29.8 Å². The Kier molecular flexibility index (Phi) is 5.80. The molecular formula is C17H13BrClN3O. The molecule has 0 spiro atoms. The number of halogens is 2. The molecule has 2 rings (SSSR count). The van der Waals surface area contributed by atoms with Gasteiger partial charge in [0, 0.05) is 10.7 Å². The predicted molar refractivity (Wildman–Crippen MR) is 96.3 cm³/mol. The lowest BCUT2D eigenvalue weighted by Gasteiger charge is -2.08. The van der Waals surface area contributed by atoms with Crippen LogP contribution in [0, 0.1) is 18.3 Å². The van der Waals surface area contributed by atoms with Crippen LogP contribution in [0.3, 0.4) is 0 Å². The molecule has 116 valence electrons. The highest BCUT2D eigenvalue weighted by atomic mass is 79.9. The van der Waals surface area contributed by atoms with E-state index in [2.05, 4.69) is 26.6 Å². The lowest BCUT2D eigenvalue weighted by atomic mass is 10.2. The van der Waals surface area contributed by atoms with Gasteiger partial charge in [0.2, 0.25) is 0 Å². The maximum Gasteiger partial charge on any atom is 0.267 e. The van der Waals surface area contributed by atoms with Crippen molar-refractivity contribution in [1.29, 1.82) is 5.26 Å². The zero-order chi connectivity index (χ0) is 16.8. The number of benzene rings is 2. The van der Waals surface area contributed by atoms with Gasteiger partial charge in [0.15, 0.2) is 0 Å². The van der Waals surface area contributed by atoms with Crippen LogP contribution in [-0.4, -0.2) is 5.91 Å². The zero-order valence-electron chi connectivity index (χ0n) is 12.2. The van der Waals surface area contributed by atoms with E-state index in [1.807, 2.05) is 31.2 Å².